The van der Waals surface area contributed by atoms with Crippen molar-refractivity contribution in [1.29, 1.82) is 0 Å². The number of hydrogen-bond donors (Lipinski definition) is 0. The van der Waals surface area contributed by atoms with Gasteiger partial charge in [-0.1, -0.05) is 192 Å². The van der Waals surface area contributed by atoms with Crippen LogP contribution in [0.25, 0.3) is 0 Å². The highest BCUT2D eigenvalue weighted by atomic mass is 14.3. The lowest BCUT2D eigenvalue weighted by Crippen LogP contribution is -2.25. The first kappa shape index (κ1) is 29.3. The summed E-state index contributed by atoms with van der Waals surface area (Å²) in [5.74, 6) is 1.97. The van der Waals surface area contributed by atoms with Crippen molar-refractivity contribution in [2.24, 2.45) is 11.8 Å². The molecule has 0 heterocycles. The summed E-state index contributed by atoms with van der Waals surface area (Å²) in [5, 5.41) is 0.622. The molecule has 0 aliphatic heterocycles. The maximum absolute atomic E-state index is 2.75. The van der Waals surface area contributed by atoms with Crippen LogP contribution in [-0.4, -0.2) is 7.85 Å². The molecule has 194 valence electrons. The summed E-state index contributed by atoms with van der Waals surface area (Å²) in [6.07, 6.45) is 42.1. The van der Waals surface area contributed by atoms with E-state index in [1.165, 1.54) is 180 Å². The van der Waals surface area contributed by atoms with Gasteiger partial charge < -0.3 is 0 Å². The van der Waals surface area contributed by atoms with E-state index in [1.54, 1.807) is 0 Å². The molecule has 0 aromatic carbocycles. The van der Waals surface area contributed by atoms with Crippen molar-refractivity contribution < 1.29 is 0 Å². The van der Waals surface area contributed by atoms with Gasteiger partial charge in [-0.3, -0.25) is 0 Å². The largest absolute Gasteiger partial charge is 0.109 e. The fraction of sp³-hybridized carbons (Fsp3) is 1.00. The van der Waals surface area contributed by atoms with Crippen LogP contribution < -0.4 is 0 Å². The van der Waals surface area contributed by atoms with Crippen LogP contribution in [0.1, 0.15) is 187 Å². The molecule has 0 amide bonds. The Bertz CT molecular complexity index is 416. The topological polar surface area (TPSA) is 0 Å². The first-order chi connectivity index (χ1) is 16.2. The smallest absolute Gasteiger partial charge is 0.0625 e. The van der Waals surface area contributed by atoms with Crippen molar-refractivity contribution in [1.82, 2.24) is 0 Å². The Hall–Kier alpha value is 0.0649. The Morgan fingerprint density at radius 1 is 0.394 bits per heavy atom. The third-order valence-corrected chi connectivity index (χ3v) is 9.73. The summed E-state index contributed by atoms with van der Waals surface area (Å²) in [4.78, 5) is 0. The molecule has 0 aromatic heterocycles. The Morgan fingerprint density at radius 2 is 0.667 bits per heavy atom. The molecule has 2 fully saturated rings. The molecule has 0 aromatic rings. The van der Waals surface area contributed by atoms with Crippen LogP contribution in [0, 0.1) is 11.8 Å². The highest BCUT2D eigenvalue weighted by Crippen LogP contribution is 2.48. The van der Waals surface area contributed by atoms with Gasteiger partial charge in [-0.15, -0.1) is 0 Å². The minimum atomic E-state index is 0.622. The molecule has 0 nitrogen and oxygen atoms in total. The monoisotopic (exact) mass is 459 g/mol. The highest BCUT2D eigenvalue weighted by molar-refractivity contribution is 6.15. The van der Waals surface area contributed by atoms with E-state index < -0.39 is 0 Å². The average Bonchev–Trinajstić information content (AvgIpc) is 2.80. The maximum atomic E-state index is 2.75. The predicted molar refractivity (Wildman–Crippen MR) is 153 cm³/mol. The van der Waals surface area contributed by atoms with Gasteiger partial charge in [0, 0.05) is 0 Å². The lowest BCUT2D eigenvalue weighted by atomic mass is 9.53. The molecule has 0 N–H and O–H groups in total. The Morgan fingerprint density at radius 3 is 1.06 bits per heavy atom. The highest BCUT2D eigenvalue weighted by Gasteiger charge is 2.32. The van der Waals surface area contributed by atoms with E-state index in [9.17, 15) is 0 Å². The Kier molecular flexibility index (Phi) is 17.1. The van der Waals surface area contributed by atoms with E-state index in [4.69, 9.17) is 0 Å². The molecule has 0 radical (unpaired) electrons. The van der Waals surface area contributed by atoms with E-state index in [0.717, 1.165) is 11.8 Å². The van der Waals surface area contributed by atoms with Gasteiger partial charge in [-0.25, -0.2) is 0 Å². The van der Waals surface area contributed by atoms with Crippen LogP contribution in [-0.2, 0) is 0 Å². The van der Waals surface area contributed by atoms with E-state index in [-0.39, 0.29) is 0 Å². The molecular weight excluding hydrogens is 395 g/mol. The van der Waals surface area contributed by atoms with Crippen LogP contribution in [0.4, 0.5) is 0 Å². The van der Waals surface area contributed by atoms with Gasteiger partial charge in [0.25, 0.3) is 0 Å². The lowest BCUT2D eigenvalue weighted by molar-refractivity contribution is 0.254. The predicted octanol–water partition coefficient (Wildman–Crippen LogP) is 11.0. The molecule has 2 aliphatic rings. The molecule has 2 aliphatic carbocycles. The summed E-state index contributed by atoms with van der Waals surface area (Å²) in [6.45, 7) is 2.51. The quantitative estimate of drug-likeness (QED) is 0.343. The zero-order chi connectivity index (χ0) is 23.5. The summed E-state index contributed by atoms with van der Waals surface area (Å²) in [7, 11) is 2.75. The second-order valence-corrected chi connectivity index (χ2v) is 12.9. The molecule has 2 rings (SSSR count). The van der Waals surface area contributed by atoms with Crippen molar-refractivity contribution in [2.75, 3.05) is 0 Å². The molecule has 0 bridgehead atoms. The molecule has 2 saturated carbocycles. The third-order valence-electron chi connectivity index (χ3n) is 9.73. The SMILES string of the molecule is BC1(C2CCCCCCCCCCCCCCC2)CCCCCCCCC(C)CCCCC1. The van der Waals surface area contributed by atoms with Crippen LogP contribution in [0.2, 0.25) is 5.31 Å². The zero-order valence-electron chi connectivity index (χ0n) is 23.5. The maximum Gasteiger partial charge on any atom is 0.109 e. The summed E-state index contributed by atoms with van der Waals surface area (Å²) >= 11 is 0. The molecule has 2 atom stereocenters. The van der Waals surface area contributed by atoms with Crippen molar-refractivity contribution in [3.63, 3.8) is 0 Å². The van der Waals surface area contributed by atoms with Crippen LogP contribution >= 0.6 is 0 Å². The van der Waals surface area contributed by atoms with Gasteiger partial charge >= 0.3 is 0 Å². The second kappa shape index (κ2) is 19.3. The molecule has 1 heteroatoms. The Balaban J connectivity index is 1.93. The van der Waals surface area contributed by atoms with Gasteiger partial charge in [0.2, 0.25) is 0 Å². The number of hydrogen-bond acceptors (Lipinski definition) is 0. The van der Waals surface area contributed by atoms with Crippen molar-refractivity contribution in [2.45, 2.75) is 192 Å². The Labute approximate surface area is 211 Å². The molecular formula is C32H63B. The molecule has 2 unspecified atom stereocenters. The summed E-state index contributed by atoms with van der Waals surface area (Å²) < 4.78 is 0. The summed E-state index contributed by atoms with van der Waals surface area (Å²) in [6, 6.07) is 0. The van der Waals surface area contributed by atoms with Crippen molar-refractivity contribution in [3.05, 3.63) is 0 Å². The zero-order valence-corrected chi connectivity index (χ0v) is 23.5. The normalized spacial score (nSPS) is 31.2. The van der Waals surface area contributed by atoms with E-state index in [0.29, 0.717) is 5.31 Å². The standard InChI is InChI=1S/C32H63B/c1-30-24-18-13-11-12-16-22-28-32(33,29-23-17-19-25-30)31-26-20-14-9-7-5-3-2-4-6-8-10-15-21-27-31/h30-31H,2-29,33H2,1H3. The van der Waals surface area contributed by atoms with E-state index in [2.05, 4.69) is 14.8 Å². The van der Waals surface area contributed by atoms with E-state index in [1.807, 2.05) is 0 Å². The van der Waals surface area contributed by atoms with Gasteiger partial charge in [-0.2, -0.15) is 0 Å². The van der Waals surface area contributed by atoms with Crippen molar-refractivity contribution >= 4 is 7.85 Å². The fourth-order valence-electron chi connectivity index (χ4n) is 7.17. The van der Waals surface area contributed by atoms with Gasteiger partial charge in [0.15, 0.2) is 0 Å². The van der Waals surface area contributed by atoms with Crippen LogP contribution in [0.15, 0.2) is 0 Å². The fourth-order valence-corrected chi connectivity index (χ4v) is 7.17. The average molecular weight is 459 g/mol. The van der Waals surface area contributed by atoms with Crippen molar-refractivity contribution in [3.8, 4) is 0 Å². The first-order valence-electron chi connectivity index (χ1n) is 16.2. The lowest BCUT2D eigenvalue weighted by Gasteiger charge is -2.39. The first-order valence-corrected chi connectivity index (χ1v) is 16.2. The van der Waals surface area contributed by atoms with Gasteiger partial charge in [0.1, 0.15) is 7.85 Å². The van der Waals surface area contributed by atoms with Crippen LogP contribution in [0.3, 0.4) is 0 Å². The minimum Gasteiger partial charge on any atom is -0.0625 e. The molecule has 0 spiro atoms. The van der Waals surface area contributed by atoms with Gasteiger partial charge in [-0.05, 0) is 11.8 Å². The second-order valence-electron chi connectivity index (χ2n) is 12.9. The molecule has 0 saturated heterocycles. The molecule has 33 heavy (non-hydrogen) atoms. The van der Waals surface area contributed by atoms with E-state index >= 15 is 0 Å². The minimum absolute atomic E-state index is 0.622. The van der Waals surface area contributed by atoms with Crippen LogP contribution in [0.5, 0.6) is 0 Å². The third kappa shape index (κ3) is 14.3. The van der Waals surface area contributed by atoms with Gasteiger partial charge in [0.05, 0.1) is 0 Å². The number of rotatable bonds is 1. The summed E-state index contributed by atoms with van der Waals surface area (Å²) in [5.41, 5.74) is 0.